The Morgan fingerprint density at radius 3 is 1.00 bits per heavy atom. The third-order valence-corrected chi connectivity index (χ3v) is 0.425. The van der Waals surface area contributed by atoms with Gasteiger partial charge in [0, 0.05) is 20.8 Å². The molecule has 1 heterocycles. The number of carboxylic acid groups (broad SMARTS) is 3. The van der Waals surface area contributed by atoms with Gasteiger partial charge in [0.2, 0.25) is 0 Å². The second kappa shape index (κ2) is 16.1. The van der Waals surface area contributed by atoms with Crippen LogP contribution < -0.4 is 0 Å². The van der Waals surface area contributed by atoms with Crippen LogP contribution in [0.4, 0.5) is 0 Å². The summed E-state index contributed by atoms with van der Waals surface area (Å²) in [5.41, 5.74) is 0. The lowest BCUT2D eigenvalue weighted by Gasteiger charge is -1.59. The third kappa shape index (κ3) is 259. The van der Waals surface area contributed by atoms with Crippen molar-refractivity contribution in [2.24, 2.45) is 0 Å². The van der Waals surface area contributed by atoms with Gasteiger partial charge in [-0.2, -0.15) is 0 Å². The maximum Gasteiger partial charge on any atom is 0.300 e. The van der Waals surface area contributed by atoms with Gasteiger partial charge in [-0.25, -0.2) is 0 Å². The van der Waals surface area contributed by atoms with Crippen molar-refractivity contribution in [1.29, 1.82) is 0 Å². The van der Waals surface area contributed by atoms with Crippen LogP contribution in [0.5, 0.6) is 0 Å². The van der Waals surface area contributed by atoms with Crippen LogP contribution in [-0.2, 0) is 14.4 Å². The van der Waals surface area contributed by atoms with Crippen molar-refractivity contribution in [3.05, 3.63) is 24.7 Å². The summed E-state index contributed by atoms with van der Waals surface area (Å²) in [5.74, 6) is -2.50. The van der Waals surface area contributed by atoms with E-state index in [1.54, 1.807) is 12.5 Å². The maximum atomic E-state index is 9.00. The molecule has 0 unspecified atom stereocenters. The first-order valence-electron chi connectivity index (χ1n) is 4.25. The molecule has 1 aromatic rings. The highest BCUT2D eigenvalue weighted by Crippen LogP contribution is 1.79. The van der Waals surface area contributed by atoms with Gasteiger partial charge in [0.05, 0.1) is 12.5 Å². The van der Waals surface area contributed by atoms with E-state index in [0.717, 1.165) is 20.8 Å². The van der Waals surface area contributed by atoms with Crippen molar-refractivity contribution in [3.63, 3.8) is 0 Å². The van der Waals surface area contributed by atoms with E-state index in [4.69, 9.17) is 29.7 Å². The summed E-state index contributed by atoms with van der Waals surface area (Å²) in [7, 11) is 0. The molecule has 7 heteroatoms. The Hall–Kier alpha value is -2.31. The van der Waals surface area contributed by atoms with Crippen molar-refractivity contribution in [2.75, 3.05) is 0 Å². The molecule has 0 spiro atoms. The van der Waals surface area contributed by atoms with E-state index < -0.39 is 17.9 Å². The number of rotatable bonds is 0. The van der Waals surface area contributed by atoms with Crippen LogP contribution in [0, 0.1) is 0 Å². The van der Waals surface area contributed by atoms with Crippen molar-refractivity contribution in [1.82, 2.24) is 0 Å². The summed E-state index contributed by atoms with van der Waals surface area (Å²) in [6.07, 6.45) is 3.25. The van der Waals surface area contributed by atoms with Crippen LogP contribution in [0.2, 0.25) is 0 Å². The molecule has 0 fully saturated rings. The Labute approximate surface area is 98.3 Å². The van der Waals surface area contributed by atoms with Gasteiger partial charge in [0.15, 0.2) is 0 Å². The number of furan rings is 1. The average Bonchev–Trinajstić information content (AvgIpc) is 2.53. The molecule has 17 heavy (non-hydrogen) atoms. The first-order chi connectivity index (χ1) is 7.70. The zero-order valence-corrected chi connectivity index (χ0v) is 9.78. The van der Waals surface area contributed by atoms with Gasteiger partial charge in [0.25, 0.3) is 17.9 Å². The standard InChI is InChI=1S/C4H4O.3C2H4O2/c1-2-4-5-3-1;3*1-2(3)4/h1-4H;3*1H3,(H,3,4). The molecule has 98 valence electrons. The van der Waals surface area contributed by atoms with E-state index in [1.807, 2.05) is 12.1 Å². The fraction of sp³-hybridized carbons (Fsp3) is 0.300. The number of hydrogen-bond donors (Lipinski definition) is 3. The van der Waals surface area contributed by atoms with Gasteiger partial charge in [-0.05, 0) is 12.1 Å². The molecule has 0 amide bonds. The van der Waals surface area contributed by atoms with Gasteiger partial charge in [0.1, 0.15) is 0 Å². The van der Waals surface area contributed by atoms with E-state index >= 15 is 0 Å². The average molecular weight is 248 g/mol. The molecule has 0 radical (unpaired) electrons. The Morgan fingerprint density at radius 2 is 0.941 bits per heavy atom. The molecular weight excluding hydrogens is 232 g/mol. The molecule has 0 saturated carbocycles. The van der Waals surface area contributed by atoms with Crippen LogP contribution in [0.15, 0.2) is 29.1 Å². The van der Waals surface area contributed by atoms with Crippen LogP contribution in [0.25, 0.3) is 0 Å². The molecule has 1 aromatic heterocycles. The number of hydrogen-bond acceptors (Lipinski definition) is 4. The van der Waals surface area contributed by atoms with Crippen LogP contribution >= 0.6 is 0 Å². The Kier molecular flexibility index (Phi) is 19.1. The van der Waals surface area contributed by atoms with Crippen molar-refractivity contribution >= 4 is 17.9 Å². The minimum Gasteiger partial charge on any atom is -0.481 e. The lowest BCUT2D eigenvalue weighted by atomic mass is 10.7. The molecule has 3 N–H and O–H groups in total. The SMILES string of the molecule is CC(=O)O.CC(=O)O.CC(=O)O.c1ccoc1. The summed E-state index contributed by atoms with van der Waals surface area (Å²) >= 11 is 0. The Balaban J connectivity index is -0.000000155. The predicted molar refractivity (Wildman–Crippen MR) is 58.6 cm³/mol. The van der Waals surface area contributed by atoms with Crippen molar-refractivity contribution in [2.45, 2.75) is 20.8 Å². The number of aliphatic carboxylic acids is 3. The summed E-state index contributed by atoms with van der Waals surface area (Å²) < 4.78 is 4.58. The first kappa shape index (κ1) is 20.1. The molecule has 0 aromatic carbocycles. The van der Waals surface area contributed by atoms with Gasteiger partial charge in [-0.1, -0.05) is 0 Å². The maximum absolute atomic E-state index is 9.00. The van der Waals surface area contributed by atoms with Crippen LogP contribution in [0.1, 0.15) is 20.8 Å². The van der Waals surface area contributed by atoms with E-state index in [2.05, 4.69) is 4.42 Å². The molecule has 0 aliphatic carbocycles. The van der Waals surface area contributed by atoms with Gasteiger partial charge in [-0.3, -0.25) is 14.4 Å². The van der Waals surface area contributed by atoms with E-state index in [0.29, 0.717) is 0 Å². The second-order valence-corrected chi connectivity index (χ2v) is 2.35. The zero-order valence-electron chi connectivity index (χ0n) is 9.78. The fourth-order valence-electron chi connectivity index (χ4n) is 0.227. The normalized spacial score (nSPS) is 6.76. The number of carboxylic acids is 3. The largest absolute Gasteiger partial charge is 0.481 e. The summed E-state index contributed by atoms with van der Waals surface area (Å²) in [6.45, 7) is 3.25. The lowest BCUT2D eigenvalue weighted by Crippen LogP contribution is -1.78. The summed E-state index contributed by atoms with van der Waals surface area (Å²) in [4.78, 5) is 27.0. The highest BCUT2D eigenvalue weighted by Gasteiger charge is 1.66. The van der Waals surface area contributed by atoms with Crippen LogP contribution in [0.3, 0.4) is 0 Å². The van der Waals surface area contributed by atoms with E-state index in [1.165, 1.54) is 0 Å². The molecule has 0 atom stereocenters. The van der Waals surface area contributed by atoms with Crippen molar-refractivity contribution in [3.8, 4) is 0 Å². The fourth-order valence-corrected chi connectivity index (χ4v) is 0.227. The monoisotopic (exact) mass is 248 g/mol. The molecule has 0 saturated heterocycles. The predicted octanol–water partition coefficient (Wildman–Crippen LogP) is 1.55. The molecule has 0 bridgehead atoms. The highest BCUT2D eigenvalue weighted by atomic mass is 16.4. The molecular formula is C10H16O7. The quantitative estimate of drug-likeness (QED) is 0.635. The van der Waals surface area contributed by atoms with Gasteiger partial charge < -0.3 is 19.7 Å². The smallest absolute Gasteiger partial charge is 0.300 e. The summed E-state index contributed by atoms with van der Waals surface area (Å²) in [6, 6.07) is 3.67. The Morgan fingerprint density at radius 1 is 0.765 bits per heavy atom. The second-order valence-electron chi connectivity index (χ2n) is 2.35. The highest BCUT2D eigenvalue weighted by molar-refractivity contribution is 5.63. The molecule has 7 nitrogen and oxygen atoms in total. The van der Waals surface area contributed by atoms with Crippen LogP contribution in [-0.4, -0.2) is 33.2 Å². The number of carbonyl (C=O) groups is 3. The summed E-state index contributed by atoms with van der Waals surface area (Å²) in [5, 5.41) is 22.2. The molecule has 0 aliphatic heterocycles. The van der Waals surface area contributed by atoms with Gasteiger partial charge in [-0.15, -0.1) is 0 Å². The lowest BCUT2D eigenvalue weighted by molar-refractivity contribution is -0.135. The molecule has 0 aliphatic rings. The minimum absolute atomic E-state index is 0.833. The zero-order chi connectivity index (χ0) is 14.3. The topological polar surface area (TPSA) is 125 Å². The molecule has 1 rings (SSSR count). The third-order valence-electron chi connectivity index (χ3n) is 0.425. The van der Waals surface area contributed by atoms with Crippen molar-refractivity contribution < 1.29 is 34.1 Å². The van der Waals surface area contributed by atoms with E-state index in [-0.39, 0.29) is 0 Å². The van der Waals surface area contributed by atoms with Gasteiger partial charge >= 0.3 is 0 Å². The minimum atomic E-state index is -0.833. The van der Waals surface area contributed by atoms with E-state index in [9.17, 15) is 0 Å². The Bertz CT molecular complexity index is 232. The first-order valence-corrected chi connectivity index (χ1v) is 4.25.